The van der Waals surface area contributed by atoms with Gasteiger partial charge < -0.3 is 9.84 Å². The molecule has 7 nitrogen and oxygen atoms in total. The number of benzene rings is 3. The predicted octanol–water partition coefficient (Wildman–Crippen LogP) is 6.56. The fourth-order valence-corrected chi connectivity index (χ4v) is 3.92. The minimum atomic E-state index is -0.589. The summed E-state index contributed by atoms with van der Waals surface area (Å²) in [5.41, 5.74) is 1.70. The monoisotopic (exact) mass is 522 g/mol. The fraction of sp³-hybridized carbons (Fsp3) is 0.0833. The number of rotatable bonds is 5. The first kappa shape index (κ1) is 22.6. The normalized spacial score (nSPS) is 11.1. The van der Waals surface area contributed by atoms with Crippen molar-refractivity contribution < 1.29 is 9.84 Å². The van der Waals surface area contributed by atoms with E-state index in [0.717, 1.165) is 10.0 Å². The summed E-state index contributed by atoms with van der Waals surface area (Å²) in [5, 5.41) is 19.4. The Labute approximate surface area is 203 Å². The van der Waals surface area contributed by atoms with E-state index < -0.39 is 5.56 Å². The Balaban J connectivity index is 2.00. The summed E-state index contributed by atoms with van der Waals surface area (Å²) in [6, 6.07) is 21.4. The molecule has 0 aliphatic heterocycles. The second kappa shape index (κ2) is 9.51. The third-order valence-corrected chi connectivity index (χ3v) is 5.88. The SMILES string of the molecule is COc1ccc(-n2c(=O)c(N=Nc3ccc(Br)cc3)c(O)n(-c3ccccc3C)c2=S)cc1. The molecule has 0 atom stereocenters. The van der Waals surface area contributed by atoms with Crippen LogP contribution in [0.3, 0.4) is 0 Å². The van der Waals surface area contributed by atoms with Crippen molar-refractivity contribution in [1.29, 1.82) is 0 Å². The van der Waals surface area contributed by atoms with Crippen molar-refractivity contribution in [2.75, 3.05) is 7.11 Å². The van der Waals surface area contributed by atoms with E-state index in [2.05, 4.69) is 26.2 Å². The molecule has 0 bridgehead atoms. The van der Waals surface area contributed by atoms with Gasteiger partial charge in [-0.15, -0.1) is 5.11 Å². The molecule has 0 amide bonds. The van der Waals surface area contributed by atoms with E-state index in [0.29, 0.717) is 22.8 Å². The highest BCUT2D eigenvalue weighted by atomic mass is 79.9. The number of aryl methyl sites for hydroxylation is 1. The van der Waals surface area contributed by atoms with Crippen LogP contribution in [0.2, 0.25) is 0 Å². The summed E-state index contributed by atoms with van der Waals surface area (Å²) in [6.45, 7) is 1.89. The van der Waals surface area contributed by atoms with Crippen LogP contribution >= 0.6 is 28.1 Å². The predicted molar refractivity (Wildman–Crippen MR) is 133 cm³/mol. The third kappa shape index (κ3) is 4.50. The molecule has 33 heavy (non-hydrogen) atoms. The maximum Gasteiger partial charge on any atom is 0.290 e. The molecule has 0 saturated carbocycles. The Morgan fingerprint density at radius 1 is 0.939 bits per heavy atom. The zero-order valence-electron chi connectivity index (χ0n) is 17.8. The molecular formula is C24H19BrN4O3S. The maximum atomic E-state index is 13.4. The second-order valence-electron chi connectivity index (χ2n) is 7.09. The number of hydrogen-bond donors (Lipinski definition) is 1. The summed E-state index contributed by atoms with van der Waals surface area (Å²) in [7, 11) is 1.56. The van der Waals surface area contributed by atoms with Crippen LogP contribution < -0.4 is 10.3 Å². The highest BCUT2D eigenvalue weighted by Gasteiger charge is 2.20. The van der Waals surface area contributed by atoms with Gasteiger partial charge in [0.2, 0.25) is 11.6 Å². The number of aromatic hydroxyl groups is 1. The van der Waals surface area contributed by atoms with Gasteiger partial charge in [-0.05, 0) is 79.3 Å². The van der Waals surface area contributed by atoms with Crippen molar-refractivity contribution in [2.24, 2.45) is 10.2 Å². The van der Waals surface area contributed by atoms with Gasteiger partial charge in [0.25, 0.3) is 5.56 Å². The van der Waals surface area contributed by atoms with Gasteiger partial charge in [-0.2, -0.15) is 5.11 Å². The lowest BCUT2D eigenvalue weighted by Gasteiger charge is -2.17. The number of methoxy groups -OCH3 is 1. The van der Waals surface area contributed by atoms with E-state index in [9.17, 15) is 9.90 Å². The number of azo groups is 1. The van der Waals surface area contributed by atoms with Crippen molar-refractivity contribution in [3.8, 4) is 23.0 Å². The van der Waals surface area contributed by atoms with Crippen LogP contribution in [0.4, 0.5) is 11.4 Å². The minimum absolute atomic E-state index is 0.0968. The Hall–Kier alpha value is -3.56. The molecule has 1 aromatic heterocycles. The largest absolute Gasteiger partial charge is 0.497 e. The van der Waals surface area contributed by atoms with E-state index in [4.69, 9.17) is 17.0 Å². The van der Waals surface area contributed by atoms with Gasteiger partial charge in [0.15, 0.2) is 4.77 Å². The molecule has 4 rings (SSSR count). The van der Waals surface area contributed by atoms with Gasteiger partial charge in [-0.1, -0.05) is 34.1 Å². The van der Waals surface area contributed by atoms with E-state index >= 15 is 0 Å². The molecule has 4 aromatic rings. The number of nitrogens with zero attached hydrogens (tertiary/aromatic N) is 4. The molecule has 0 aliphatic rings. The van der Waals surface area contributed by atoms with Gasteiger partial charge in [0.05, 0.1) is 24.2 Å². The molecule has 0 saturated heterocycles. The third-order valence-electron chi connectivity index (χ3n) is 4.99. The maximum absolute atomic E-state index is 13.4. The van der Waals surface area contributed by atoms with Crippen LogP contribution in [0.5, 0.6) is 11.6 Å². The molecule has 0 spiro atoms. The fourth-order valence-electron chi connectivity index (χ4n) is 3.28. The van der Waals surface area contributed by atoms with Crippen LogP contribution in [0.25, 0.3) is 11.4 Å². The summed E-state index contributed by atoms with van der Waals surface area (Å²) >= 11 is 9.03. The van der Waals surface area contributed by atoms with E-state index in [-0.39, 0.29) is 16.3 Å². The number of para-hydroxylation sites is 1. The van der Waals surface area contributed by atoms with Gasteiger partial charge in [-0.25, -0.2) is 0 Å². The zero-order chi connectivity index (χ0) is 23.5. The van der Waals surface area contributed by atoms with Crippen molar-refractivity contribution in [3.05, 3.63) is 98.0 Å². The van der Waals surface area contributed by atoms with Crippen LogP contribution in [-0.4, -0.2) is 21.4 Å². The number of ether oxygens (including phenoxy) is 1. The molecular weight excluding hydrogens is 504 g/mol. The quantitative estimate of drug-likeness (QED) is 0.237. The minimum Gasteiger partial charge on any atom is -0.497 e. The standard InChI is InChI=1S/C24H19BrN4O3S/c1-15-5-3-4-6-20(15)29-23(31)21(27-26-17-9-7-16(25)8-10-17)22(30)28(24(29)33)18-11-13-19(32-2)14-12-18/h3-14,31H,1-2H3. The Morgan fingerprint density at radius 3 is 2.24 bits per heavy atom. The van der Waals surface area contributed by atoms with Crippen molar-refractivity contribution in [1.82, 2.24) is 9.13 Å². The van der Waals surface area contributed by atoms with Crippen LogP contribution in [0.15, 0.2) is 92.3 Å². The Bertz CT molecular complexity index is 1460. The van der Waals surface area contributed by atoms with Gasteiger partial charge in [0.1, 0.15) is 5.75 Å². The topological polar surface area (TPSA) is 81.1 Å². The summed E-state index contributed by atoms with van der Waals surface area (Å²) < 4.78 is 8.94. The van der Waals surface area contributed by atoms with Crippen molar-refractivity contribution in [3.63, 3.8) is 0 Å². The molecule has 0 aliphatic carbocycles. The van der Waals surface area contributed by atoms with E-state index in [1.165, 1.54) is 9.13 Å². The highest BCUT2D eigenvalue weighted by Crippen LogP contribution is 2.30. The summed E-state index contributed by atoms with van der Waals surface area (Å²) in [6.07, 6.45) is 0. The van der Waals surface area contributed by atoms with Crippen LogP contribution in [-0.2, 0) is 0 Å². The van der Waals surface area contributed by atoms with Crippen LogP contribution in [0.1, 0.15) is 5.56 Å². The molecule has 0 fully saturated rings. The molecule has 1 N–H and O–H groups in total. The van der Waals surface area contributed by atoms with Gasteiger partial charge in [0, 0.05) is 4.47 Å². The number of aromatic nitrogens is 2. The summed E-state index contributed by atoms with van der Waals surface area (Å²) in [5.74, 6) is 0.253. The Kier molecular flexibility index (Phi) is 6.52. The smallest absolute Gasteiger partial charge is 0.290 e. The first-order chi connectivity index (χ1) is 15.9. The lowest BCUT2D eigenvalue weighted by Crippen LogP contribution is -2.23. The first-order valence-electron chi connectivity index (χ1n) is 9.89. The van der Waals surface area contributed by atoms with Gasteiger partial charge >= 0.3 is 0 Å². The van der Waals surface area contributed by atoms with Gasteiger partial charge in [-0.3, -0.25) is 13.9 Å². The first-order valence-corrected chi connectivity index (χ1v) is 11.1. The summed E-state index contributed by atoms with van der Waals surface area (Å²) in [4.78, 5) is 13.4. The average Bonchev–Trinajstić information content (AvgIpc) is 2.82. The molecule has 1 heterocycles. The van der Waals surface area contributed by atoms with Crippen molar-refractivity contribution >= 4 is 39.5 Å². The highest BCUT2D eigenvalue weighted by molar-refractivity contribution is 9.10. The molecule has 9 heteroatoms. The van der Waals surface area contributed by atoms with Crippen molar-refractivity contribution in [2.45, 2.75) is 6.92 Å². The molecule has 166 valence electrons. The number of hydrogen-bond acceptors (Lipinski definition) is 6. The second-order valence-corrected chi connectivity index (χ2v) is 8.37. The molecule has 3 aromatic carbocycles. The Morgan fingerprint density at radius 2 is 1.61 bits per heavy atom. The lowest BCUT2D eigenvalue weighted by atomic mass is 10.2. The average molecular weight is 523 g/mol. The molecule has 0 radical (unpaired) electrons. The lowest BCUT2D eigenvalue weighted by molar-refractivity contribution is 0.414. The molecule has 0 unspecified atom stereocenters. The zero-order valence-corrected chi connectivity index (χ0v) is 20.2. The number of halogens is 1. The van der Waals surface area contributed by atoms with E-state index in [1.54, 1.807) is 43.5 Å². The van der Waals surface area contributed by atoms with Crippen LogP contribution in [0, 0.1) is 11.7 Å². The van der Waals surface area contributed by atoms with E-state index in [1.807, 2.05) is 43.3 Å².